The summed E-state index contributed by atoms with van der Waals surface area (Å²) in [5.41, 5.74) is 0. The van der Waals surface area contributed by atoms with Gasteiger partial charge in [0.15, 0.2) is 0 Å². The van der Waals surface area contributed by atoms with Crippen LogP contribution in [0.5, 0.6) is 0 Å². The van der Waals surface area contributed by atoms with Crippen LogP contribution in [-0.2, 0) is 4.79 Å². The van der Waals surface area contributed by atoms with E-state index in [0.29, 0.717) is 12.3 Å². The highest BCUT2D eigenvalue weighted by molar-refractivity contribution is 5.88. The second-order valence-corrected chi connectivity index (χ2v) is 3.78. The van der Waals surface area contributed by atoms with Gasteiger partial charge in [-0.05, 0) is 12.3 Å². The van der Waals surface area contributed by atoms with Crippen molar-refractivity contribution in [3.05, 3.63) is 18.7 Å². The Morgan fingerprint density at radius 1 is 1.64 bits per heavy atom. The number of hydrogen-bond donors (Lipinski definition) is 0. The molecule has 1 atom stereocenters. The maximum Gasteiger partial charge on any atom is 0.241 e. The van der Waals surface area contributed by atoms with Crippen LogP contribution in [0.4, 0.5) is 0 Å². The van der Waals surface area contributed by atoms with E-state index in [1.807, 2.05) is 6.20 Å². The maximum atomic E-state index is 11.6. The van der Waals surface area contributed by atoms with Gasteiger partial charge in [0.2, 0.25) is 5.91 Å². The van der Waals surface area contributed by atoms with Crippen LogP contribution in [0.3, 0.4) is 0 Å². The van der Waals surface area contributed by atoms with Gasteiger partial charge >= 0.3 is 0 Å². The Bertz CT molecular complexity index is 307. The van der Waals surface area contributed by atoms with Crippen LogP contribution in [0.2, 0.25) is 0 Å². The van der Waals surface area contributed by atoms with Gasteiger partial charge in [-0.3, -0.25) is 4.79 Å². The number of imidazole rings is 1. The van der Waals surface area contributed by atoms with Gasteiger partial charge in [-0.15, -0.1) is 0 Å². The molecule has 0 radical (unpaired) electrons. The van der Waals surface area contributed by atoms with Crippen molar-refractivity contribution in [3.8, 4) is 0 Å². The summed E-state index contributed by atoms with van der Waals surface area (Å²) in [5, 5.41) is 1.77. The minimum atomic E-state index is 0.210. The first-order valence-corrected chi connectivity index (χ1v) is 5.10. The molecule has 0 saturated carbocycles. The molecule has 4 heteroatoms. The van der Waals surface area contributed by atoms with Crippen molar-refractivity contribution >= 4 is 5.91 Å². The maximum absolute atomic E-state index is 11.6. The molecule has 0 N–H and O–H groups in total. The third-order valence-corrected chi connectivity index (χ3v) is 2.65. The lowest BCUT2D eigenvalue weighted by Gasteiger charge is -2.16. The van der Waals surface area contributed by atoms with E-state index in [9.17, 15) is 4.79 Å². The highest BCUT2D eigenvalue weighted by Crippen LogP contribution is 2.20. The van der Waals surface area contributed by atoms with Crippen molar-refractivity contribution in [2.24, 2.45) is 5.92 Å². The summed E-state index contributed by atoms with van der Waals surface area (Å²) < 4.78 is 1.78. The topological polar surface area (TPSA) is 38.1 Å². The fourth-order valence-electron chi connectivity index (χ4n) is 1.98. The van der Waals surface area contributed by atoms with E-state index < -0.39 is 0 Å². The minimum absolute atomic E-state index is 0.210. The molecule has 1 unspecified atom stereocenters. The molecular formula is C10H15N3O. The second kappa shape index (κ2) is 3.82. The van der Waals surface area contributed by atoms with Crippen molar-refractivity contribution in [1.29, 1.82) is 0 Å². The van der Waals surface area contributed by atoms with Gasteiger partial charge < -0.3 is 0 Å². The molecule has 2 rings (SSSR count). The molecule has 14 heavy (non-hydrogen) atoms. The van der Waals surface area contributed by atoms with E-state index in [1.165, 1.54) is 0 Å². The zero-order valence-corrected chi connectivity index (χ0v) is 8.39. The van der Waals surface area contributed by atoms with Crippen molar-refractivity contribution in [1.82, 2.24) is 9.66 Å². The number of aromatic nitrogens is 2. The summed E-state index contributed by atoms with van der Waals surface area (Å²) in [5.74, 6) is 0.733. The molecule has 76 valence electrons. The molecule has 1 aromatic heterocycles. The van der Waals surface area contributed by atoms with Gasteiger partial charge in [-0.2, -0.15) is 0 Å². The van der Waals surface area contributed by atoms with Gasteiger partial charge in [-0.1, -0.05) is 13.3 Å². The second-order valence-electron chi connectivity index (χ2n) is 3.78. The Hall–Kier alpha value is -1.32. The first-order chi connectivity index (χ1) is 6.81. The molecule has 1 fully saturated rings. The molecule has 1 amide bonds. The van der Waals surface area contributed by atoms with E-state index in [-0.39, 0.29) is 5.91 Å². The molecule has 2 heterocycles. The molecule has 1 aromatic rings. The standard InChI is InChI=1S/C10H15N3O/c1-2-3-9-6-10(14)13(7-9)12-5-4-11-8-12/h4-5,8-9H,2-3,6-7H2,1H3. The lowest BCUT2D eigenvalue weighted by atomic mass is 10.0. The highest BCUT2D eigenvalue weighted by atomic mass is 16.2. The Kier molecular flexibility index (Phi) is 2.52. The van der Waals surface area contributed by atoms with Crippen molar-refractivity contribution in [3.63, 3.8) is 0 Å². The van der Waals surface area contributed by atoms with E-state index in [2.05, 4.69) is 11.9 Å². The first kappa shape index (κ1) is 9.24. The average Bonchev–Trinajstić information content (AvgIpc) is 2.74. The fraction of sp³-hybridized carbons (Fsp3) is 0.600. The summed E-state index contributed by atoms with van der Waals surface area (Å²) >= 11 is 0. The van der Waals surface area contributed by atoms with Crippen LogP contribution in [0.15, 0.2) is 18.7 Å². The summed E-state index contributed by atoms with van der Waals surface area (Å²) in [6.45, 7) is 2.99. The van der Waals surface area contributed by atoms with Crippen LogP contribution < -0.4 is 5.01 Å². The number of carbonyl (C=O) groups is 1. The predicted molar refractivity (Wildman–Crippen MR) is 53.3 cm³/mol. The third kappa shape index (κ3) is 1.64. The smallest absolute Gasteiger partial charge is 0.241 e. The number of amides is 1. The zero-order chi connectivity index (χ0) is 9.97. The molecule has 1 saturated heterocycles. The quantitative estimate of drug-likeness (QED) is 0.722. The SMILES string of the molecule is CCCC1CC(=O)N(n2ccnc2)C1. The van der Waals surface area contributed by atoms with Crippen molar-refractivity contribution in [2.45, 2.75) is 26.2 Å². The number of rotatable bonds is 3. The van der Waals surface area contributed by atoms with Crippen LogP contribution in [0, 0.1) is 5.92 Å². The lowest BCUT2D eigenvalue weighted by molar-refractivity contribution is -0.118. The van der Waals surface area contributed by atoms with E-state index in [1.54, 1.807) is 22.2 Å². The van der Waals surface area contributed by atoms with Crippen LogP contribution in [0.25, 0.3) is 0 Å². The van der Waals surface area contributed by atoms with Gasteiger partial charge in [0, 0.05) is 25.4 Å². The molecule has 0 bridgehead atoms. The Morgan fingerprint density at radius 3 is 3.14 bits per heavy atom. The Balaban J connectivity index is 2.05. The zero-order valence-electron chi connectivity index (χ0n) is 8.39. The number of nitrogens with zero attached hydrogens (tertiary/aromatic N) is 3. The monoisotopic (exact) mass is 193 g/mol. The Labute approximate surface area is 83.5 Å². The van der Waals surface area contributed by atoms with Crippen molar-refractivity contribution < 1.29 is 4.79 Å². The summed E-state index contributed by atoms with van der Waals surface area (Å²) in [6, 6.07) is 0. The summed E-state index contributed by atoms with van der Waals surface area (Å²) in [7, 11) is 0. The molecule has 1 aliphatic rings. The number of carbonyl (C=O) groups excluding carboxylic acids is 1. The summed E-state index contributed by atoms with van der Waals surface area (Å²) in [6.07, 6.45) is 8.15. The van der Waals surface area contributed by atoms with Crippen molar-refractivity contribution in [2.75, 3.05) is 11.6 Å². The molecular weight excluding hydrogens is 178 g/mol. The van der Waals surface area contributed by atoms with E-state index >= 15 is 0 Å². The number of hydrogen-bond acceptors (Lipinski definition) is 2. The van der Waals surface area contributed by atoms with Crippen LogP contribution in [-0.4, -0.2) is 22.1 Å². The molecule has 0 spiro atoms. The lowest BCUT2D eigenvalue weighted by Crippen LogP contribution is -2.34. The fourth-order valence-corrected chi connectivity index (χ4v) is 1.98. The largest absolute Gasteiger partial charge is 0.273 e. The van der Waals surface area contributed by atoms with Gasteiger partial charge in [-0.25, -0.2) is 14.7 Å². The third-order valence-electron chi connectivity index (χ3n) is 2.65. The van der Waals surface area contributed by atoms with Gasteiger partial charge in [0.1, 0.15) is 6.33 Å². The van der Waals surface area contributed by atoms with Crippen LogP contribution >= 0.6 is 0 Å². The first-order valence-electron chi connectivity index (χ1n) is 5.10. The molecule has 4 nitrogen and oxygen atoms in total. The molecule has 1 aliphatic heterocycles. The average molecular weight is 193 g/mol. The Morgan fingerprint density at radius 2 is 2.50 bits per heavy atom. The normalized spacial score (nSPS) is 21.9. The van der Waals surface area contributed by atoms with Crippen LogP contribution in [0.1, 0.15) is 26.2 Å². The minimum Gasteiger partial charge on any atom is -0.273 e. The molecule has 0 aliphatic carbocycles. The highest BCUT2D eigenvalue weighted by Gasteiger charge is 2.29. The van der Waals surface area contributed by atoms with Gasteiger partial charge in [0.25, 0.3) is 0 Å². The van der Waals surface area contributed by atoms with Gasteiger partial charge in [0.05, 0.1) is 0 Å². The molecule has 0 aromatic carbocycles. The van der Waals surface area contributed by atoms with E-state index in [0.717, 1.165) is 19.4 Å². The van der Waals surface area contributed by atoms with E-state index in [4.69, 9.17) is 0 Å². The summed E-state index contributed by atoms with van der Waals surface area (Å²) in [4.78, 5) is 15.6. The predicted octanol–water partition coefficient (Wildman–Crippen LogP) is 1.17.